The zero-order valence-electron chi connectivity index (χ0n) is 8.62. The van der Waals surface area contributed by atoms with Crippen LogP contribution in [0.4, 0.5) is 0 Å². The Kier molecular flexibility index (Phi) is 2.23. The van der Waals surface area contributed by atoms with Crippen LogP contribution in [-0.2, 0) is 6.42 Å². The summed E-state index contributed by atoms with van der Waals surface area (Å²) in [5, 5.41) is 0.856. The number of fused-ring (bicyclic) bond motifs is 1. The molecule has 1 saturated heterocycles. The molecule has 1 fully saturated rings. The molecule has 0 aromatic heterocycles. The molecular formula is C12H15ClN2. The molecule has 1 unspecified atom stereocenters. The number of nitrogens with zero attached hydrogens (tertiary/aromatic N) is 1. The summed E-state index contributed by atoms with van der Waals surface area (Å²) in [4.78, 5) is 2.48. The summed E-state index contributed by atoms with van der Waals surface area (Å²) in [6, 6.07) is 7.27. The van der Waals surface area contributed by atoms with E-state index < -0.39 is 0 Å². The molecule has 1 aromatic rings. The smallest absolute Gasteiger partial charge is 0.0408 e. The van der Waals surface area contributed by atoms with Crippen LogP contribution in [0, 0.1) is 0 Å². The Morgan fingerprint density at radius 1 is 1.33 bits per heavy atom. The summed E-state index contributed by atoms with van der Waals surface area (Å²) in [7, 11) is 0. The molecule has 15 heavy (non-hydrogen) atoms. The molecule has 0 spiro atoms. The van der Waals surface area contributed by atoms with Gasteiger partial charge in [-0.05, 0) is 36.1 Å². The minimum absolute atomic E-state index is 0.390. The second-order valence-electron chi connectivity index (χ2n) is 4.61. The van der Waals surface area contributed by atoms with Gasteiger partial charge in [-0.2, -0.15) is 0 Å². The lowest BCUT2D eigenvalue weighted by molar-refractivity contribution is 0.0942. The molecule has 80 valence electrons. The van der Waals surface area contributed by atoms with Crippen LogP contribution in [0.15, 0.2) is 18.2 Å². The Balaban J connectivity index is 1.85. The second-order valence-corrected chi connectivity index (χ2v) is 5.05. The molecule has 1 aromatic carbocycles. The lowest BCUT2D eigenvalue weighted by atomic mass is 10.0. The number of likely N-dealkylation sites (tertiary alicyclic amines) is 1. The third-order valence-electron chi connectivity index (χ3n) is 3.53. The van der Waals surface area contributed by atoms with Crippen LogP contribution in [0.1, 0.15) is 23.6 Å². The van der Waals surface area contributed by atoms with Crippen LogP contribution in [0.3, 0.4) is 0 Å². The Bertz CT molecular complexity index is 385. The molecule has 1 aliphatic carbocycles. The molecule has 2 aliphatic rings. The summed E-state index contributed by atoms with van der Waals surface area (Å²) in [6.07, 6.45) is 2.38. The summed E-state index contributed by atoms with van der Waals surface area (Å²) in [5.74, 6) is 0. The fourth-order valence-electron chi connectivity index (χ4n) is 2.75. The van der Waals surface area contributed by atoms with Gasteiger partial charge in [-0.15, -0.1) is 0 Å². The summed E-state index contributed by atoms with van der Waals surface area (Å²) in [6.45, 7) is 2.10. The minimum atomic E-state index is 0.390. The molecule has 0 saturated carbocycles. The van der Waals surface area contributed by atoms with Crippen molar-refractivity contribution in [2.45, 2.75) is 24.9 Å². The number of benzene rings is 1. The highest BCUT2D eigenvalue weighted by atomic mass is 35.5. The van der Waals surface area contributed by atoms with E-state index in [1.807, 2.05) is 6.07 Å². The van der Waals surface area contributed by atoms with E-state index in [4.69, 9.17) is 17.3 Å². The predicted molar refractivity (Wildman–Crippen MR) is 62.1 cm³/mol. The van der Waals surface area contributed by atoms with Gasteiger partial charge in [0.2, 0.25) is 0 Å². The van der Waals surface area contributed by atoms with Gasteiger partial charge in [-0.25, -0.2) is 0 Å². The Morgan fingerprint density at radius 3 is 2.87 bits per heavy atom. The molecule has 1 atom stereocenters. The van der Waals surface area contributed by atoms with Crippen molar-refractivity contribution in [1.29, 1.82) is 0 Å². The van der Waals surface area contributed by atoms with Gasteiger partial charge >= 0.3 is 0 Å². The maximum Gasteiger partial charge on any atom is 0.0408 e. The van der Waals surface area contributed by atoms with Crippen molar-refractivity contribution in [3.63, 3.8) is 0 Å². The van der Waals surface area contributed by atoms with Gasteiger partial charge in [0.25, 0.3) is 0 Å². The van der Waals surface area contributed by atoms with E-state index in [0.717, 1.165) is 24.5 Å². The average molecular weight is 223 g/mol. The van der Waals surface area contributed by atoms with E-state index in [2.05, 4.69) is 17.0 Å². The topological polar surface area (TPSA) is 29.3 Å². The van der Waals surface area contributed by atoms with Crippen molar-refractivity contribution in [2.75, 3.05) is 13.1 Å². The van der Waals surface area contributed by atoms with Crippen LogP contribution in [0.2, 0.25) is 5.02 Å². The molecule has 2 nitrogen and oxygen atoms in total. The summed E-state index contributed by atoms with van der Waals surface area (Å²) in [5.41, 5.74) is 8.71. The van der Waals surface area contributed by atoms with Crippen LogP contribution in [0.5, 0.6) is 0 Å². The third kappa shape index (κ3) is 1.57. The van der Waals surface area contributed by atoms with Crippen molar-refractivity contribution in [1.82, 2.24) is 4.90 Å². The number of hydrogen-bond donors (Lipinski definition) is 1. The maximum absolute atomic E-state index is 5.99. The van der Waals surface area contributed by atoms with Crippen LogP contribution >= 0.6 is 11.6 Å². The van der Waals surface area contributed by atoms with Gasteiger partial charge in [0.1, 0.15) is 0 Å². The third-order valence-corrected chi connectivity index (χ3v) is 3.77. The fraction of sp³-hybridized carbons (Fsp3) is 0.500. The number of aryl methyl sites for hydroxylation is 1. The number of halogens is 1. The highest BCUT2D eigenvalue weighted by molar-refractivity contribution is 6.30. The van der Waals surface area contributed by atoms with Gasteiger partial charge in [0, 0.05) is 30.2 Å². The van der Waals surface area contributed by atoms with Crippen molar-refractivity contribution < 1.29 is 0 Å². The average Bonchev–Trinajstić information content (AvgIpc) is 2.55. The largest absolute Gasteiger partial charge is 0.325 e. The highest BCUT2D eigenvalue weighted by Crippen LogP contribution is 2.38. The second kappa shape index (κ2) is 3.48. The fourth-order valence-corrected chi connectivity index (χ4v) is 2.94. The van der Waals surface area contributed by atoms with Crippen molar-refractivity contribution >= 4 is 11.6 Å². The maximum atomic E-state index is 5.99. The number of nitrogens with two attached hydrogens (primary N) is 1. The molecule has 0 bridgehead atoms. The standard InChI is InChI=1S/C12H15ClN2/c13-9-2-3-11-8(5-9)1-4-12(11)15-6-10(14)7-15/h2-3,5,10,12H,1,4,6-7,14H2. The highest BCUT2D eigenvalue weighted by Gasteiger charge is 2.34. The van der Waals surface area contributed by atoms with Crippen LogP contribution in [-0.4, -0.2) is 24.0 Å². The lowest BCUT2D eigenvalue weighted by Gasteiger charge is -2.41. The first kappa shape index (κ1) is 9.64. The van der Waals surface area contributed by atoms with Crippen LogP contribution in [0.25, 0.3) is 0 Å². The summed E-state index contributed by atoms with van der Waals surface area (Å²) >= 11 is 5.99. The van der Waals surface area contributed by atoms with Crippen molar-refractivity contribution in [3.8, 4) is 0 Å². The van der Waals surface area contributed by atoms with Gasteiger partial charge < -0.3 is 5.73 Å². The Morgan fingerprint density at radius 2 is 2.13 bits per heavy atom. The van der Waals surface area contributed by atoms with Gasteiger partial charge in [0.05, 0.1) is 0 Å². The Labute approximate surface area is 95.0 Å². The van der Waals surface area contributed by atoms with E-state index in [1.165, 1.54) is 17.5 Å². The number of rotatable bonds is 1. The van der Waals surface area contributed by atoms with Gasteiger partial charge in [0.15, 0.2) is 0 Å². The first-order valence-corrected chi connectivity index (χ1v) is 5.90. The first-order chi connectivity index (χ1) is 7.24. The van der Waals surface area contributed by atoms with Crippen molar-refractivity contribution in [2.24, 2.45) is 5.73 Å². The predicted octanol–water partition coefficient (Wildman–Crippen LogP) is 1.97. The molecule has 0 radical (unpaired) electrons. The first-order valence-electron chi connectivity index (χ1n) is 5.52. The zero-order valence-corrected chi connectivity index (χ0v) is 9.37. The monoisotopic (exact) mass is 222 g/mol. The van der Waals surface area contributed by atoms with Crippen LogP contribution < -0.4 is 5.73 Å². The van der Waals surface area contributed by atoms with E-state index in [9.17, 15) is 0 Å². The molecule has 1 heterocycles. The summed E-state index contributed by atoms with van der Waals surface area (Å²) < 4.78 is 0. The van der Waals surface area contributed by atoms with E-state index in [0.29, 0.717) is 12.1 Å². The zero-order chi connectivity index (χ0) is 10.4. The minimum Gasteiger partial charge on any atom is -0.325 e. The molecular weight excluding hydrogens is 208 g/mol. The SMILES string of the molecule is NC1CN(C2CCc3cc(Cl)ccc32)C1. The van der Waals surface area contributed by atoms with Gasteiger partial charge in [-0.1, -0.05) is 17.7 Å². The molecule has 3 rings (SSSR count). The normalized spacial score (nSPS) is 26.4. The molecule has 2 N–H and O–H groups in total. The van der Waals surface area contributed by atoms with E-state index in [-0.39, 0.29) is 0 Å². The van der Waals surface area contributed by atoms with Gasteiger partial charge in [-0.3, -0.25) is 4.90 Å². The molecule has 3 heteroatoms. The van der Waals surface area contributed by atoms with Crippen molar-refractivity contribution in [3.05, 3.63) is 34.3 Å². The quantitative estimate of drug-likeness (QED) is 0.787. The Hall–Kier alpha value is -0.570. The lowest BCUT2D eigenvalue weighted by Crippen LogP contribution is -2.56. The van der Waals surface area contributed by atoms with E-state index in [1.54, 1.807) is 0 Å². The van der Waals surface area contributed by atoms with E-state index >= 15 is 0 Å². The molecule has 1 aliphatic heterocycles. The number of hydrogen-bond acceptors (Lipinski definition) is 2. The molecule has 0 amide bonds.